The number of carbonyl (C=O) groups excluding carboxylic acids is 1. The fourth-order valence-corrected chi connectivity index (χ4v) is 2.03. The molecule has 0 heterocycles. The number of aliphatic hydroxyl groups excluding tert-OH is 1. The molecule has 0 saturated heterocycles. The van der Waals surface area contributed by atoms with E-state index in [1.54, 1.807) is 38.1 Å². The Bertz CT molecular complexity index is 630. The molecule has 0 bridgehead atoms. The summed E-state index contributed by atoms with van der Waals surface area (Å²) in [5.74, 6) is -0.588. The van der Waals surface area contributed by atoms with Crippen molar-refractivity contribution < 1.29 is 14.3 Å². The lowest BCUT2D eigenvalue weighted by Crippen LogP contribution is -2.13. The second kappa shape index (κ2) is 5.84. The number of halogens is 1. The zero-order chi connectivity index (χ0) is 14.7. The Labute approximate surface area is 117 Å². The van der Waals surface area contributed by atoms with E-state index in [2.05, 4.69) is 5.32 Å². The summed E-state index contributed by atoms with van der Waals surface area (Å²) in [7, 11) is 0. The highest BCUT2D eigenvalue weighted by Crippen LogP contribution is 2.17. The molecule has 0 unspecified atom stereocenters. The number of amides is 1. The zero-order valence-corrected chi connectivity index (χ0v) is 11.4. The molecule has 0 radical (unpaired) electrons. The van der Waals surface area contributed by atoms with Crippen LogP contribution < -0.4 is 5.32 Å². The highest BCUT2D eigenvalue weighted by molar-refractivity contribution is 6.04. The Balaban J connectivity index is 2.23. The van der Waals surface area contributed by atoms with E-state index in [1.165, 1.54) is 12.1 Å². The van der Waals surface area contributed by atoms with Crippen molar-refractivity contribution in [1.29, 1.82) is 0 Å². The van der Waals surface area contributed by atoms with Gasteiger partial charge in [-0.2, -0.15) is 0 Å². The smallest absolute Gasteiger partial charge is 0.255 e. The van der Waals surface area contributed by atoms with Crippen molar-refractivity contribution in [1.82, 2.24) is 0 Å². The van der Waals surface area contributed by atoms with Gasteiger partial charge in [0.25, 0.3) is 5.91 Å². The van der Waals surface area contributed by atoms with E-state index < -0.39 is 0 Å². The highest BCUT2D eigenvalue weighted by atomic mass is 19.1. The van der Waals surface area contributed by atoms with E-state index >= 15 is 0 Å². The van der Waals surface area contributed by atoms with Crippen molar-refractivity contribution in [2.24, 2.45) is 0 Å². The first-order valence-corrected chi connectivity index (χ1v) is 6.29. The van der Waals surface area contributed by atoms with Gasteiger partial charge in [0.05, 0.1) is 6.61 Å². The first-order valence-electron chi connectivity index (χ1n) is 6.29. The van der Waals surface area contributed by atoms with Crippen LogP contribution in [-0.2, 0) is 6.61 Å². The maximum Gasteiger partial charge on any atom is 0.255 e. The van der Waals surface area contributed by atoms with Crippen LogP contribution in [0.4, 0.5) is 10.1 Å². The zero-order valence-electron chi connectivity index (χ0n) is 11.4. The minimum absolute atomic E-state index is 0.0848. The Hall–Kier alpha value is -2.20. The maximum atomic E-state index is 13.5. The number of hydrogen-bond donors (Lipinski definition) is 2. The molecule has 0 aliphatic heterocycles. The fourth-order valence-electron chi connectivity index (χ4n) is 2.03. The van der Waals surface area contributed by atoms with Crippen LogP contribution in [0.1, 0.15) is 27.0 Å². The summed E-state index contributed by atoms with van der Waals surface area (Å²) in [6.07, 6.45) is 0. The molecule has 0 aromatic heterocycles. The molecule has 104 valence electrons. The second-order valence-electron chi connectivity index (χ2n) is 4.74. The van der Waals surface area contributed by atoms with Crippen LogP contribution in [0, 0.1) is 19.7 Å². The van der Waals surface area contributed by atoms with E-state index in [0.29, 0.717) is 27.9 Å². The van der Waals surface area contributed by atoms with Gasteiger partial charge in [0, 0.05) is 11.3 Å². The van der Waals surface area contributed by atoms with Gasteiger partial charge < -0.3 is 10.4 Å². The number of aliphatic hydroxyl groups is 1. The topological polar surface area (TPSA) is 49.3 Å². The molecule has 4 heteroatoms. The van der Waals surface area contributed by atoms with Gasteiger partial charge in [-0.15, -0.1) is 0 Å². The molecule has 1 amide bonds. The first kappa shape index (κ1) is 14.2. The van der Waals surface area contributed by atoms with Crippen molar-refractivity contribution in [2.45, 2.75) is 20.5 Å². The fraction of sp³-hybridized carbons (Fsp3) is 0.188. The summed E-state index contributed by atoms with van der Waals surface area (Å²) in [6.45, 7) is 3.18. The second-order valence-corrected chi connectivity index (χ2v) is 4.74. The van der Waals surface area contributed by atoms with Crippen LogP contribution in [0.15, 0.2) is 36.4 Å². The molecule has 0 saturated carbocycles. The quantitative estimate of drug-likeness (QED) is 0.902. The lowest BCUT2D eigenvalue weighted by molar-refractivity contribution is 0.102. The van der Waals surface area contributed by atoms with E-state index in [4.69, 9.17) is 5.11 Å². The predicted molar refractivity (Wildman–Crippen MR) is 76.2 cm³/mol. The summed E-state index contributed by atoms with van der Waals surface area (Å²) >= 11 is 0. The number of hydrogen-bond acceptors (Lipinski definition) is 2. The van der Waals surface area contributed by atoms with E-state index in [9.17, 15) is 9.18 Å². The molecular weight excluding hydrogens is 257 g/mol. The van der Waals surface area contributed by atoms with Gasteiger partial charge in [-0.25, -0.2) is 4.39 Å². The predicted octanol–water partition coefficient (Wildman–Crippen LogP) is 3.19. The van der Waals surface area contributed by atoms with Crippen molar-refractivity contribution in [3.05, 3.63) is 64.5 Å². The van der Waals surface area contributed by atoms with Crippen molar-refractivity contribution in [3.63, 3.8) is 0 Å². The van der Waals surface area contributed by atoms with E-state index in [1.807, 2.05) is 0 Å². The average Bonchev–Trinajstić information content (AvgIpc) is 2.44. The molecule has 2 rings (SSSR count). The standard InChI is InChI=1S/C16H16FNO2/c1-10-6-13(7-11(2)15(10)17)16(20)18-14-5-3-4-12(8-14)9-19/h3-8,19H,9H2,1-2H3,(H,18,20). The van der Waals surface area contributed by atoms with Gasteiger partial charge in [0.2, 0.25) is 0 Å². The lowest BCUT2D eigenvalue weighted by Gasteiger charge is -2.09. The van der Waals surface area contributed by atoms with Gasteiger partial charge in [0.1, 0.15) is 5.82 Å². The Kier molecular flexibility index (Phi) is 4.15. The van der Waals surface area contributed by atoms with Crippen LogP contribution in [-0.4, -0.2) is 11.0 Å². The monoisotopic (exact) mass is 273 g/mol. The van der Waals surface area contributed by atoms with Crippen LogP contribution in [0.25, 0.3) is 0 Å². The minimum atomic E-state index is -0.300. The SMILES string of the molecule is Cc1cc(C(=O)Nc2cccc(CO)c2)cc(C)c1F. The lowest BCUT2D eigenvalue weighted by atomic mass is 10.1. The molecule has 2 aromatic carbocycles. The maximum absolute atomic E-state index is 13.5. The number of benzene rings is 2. The average molecular weight is 273 g/mol. The minimum Gasteiger partial charge on any atom is -0.392 e. The third kappa shape index (κ3) is 3.03. The molecule has 0 aliphatic rings. The molecule has 0 fully saturated rings. The number of rotatable bonds is 3. The van der Waals surface area contributed by atoms with E-state index in [0.717, 1.165) is 0 Å². The Morgan fingerprint density at radius 1 is 1.20 bits per heavy atom. The molecule has 0 atom stereocenters. The third-order valence-electron chi connectivity index (χ3n) is 3.07. The molecule has 0 spiro atoms. The Morgan fingerprint density at radius 2 is 1.85 bits per heavy atom. The largest absolute Gasteiger partial charge is 0.392 e. The van der Waals surface area contributed by atoms with Crippen LogP contribution >= 0.6 is 0 Å². The van der Waals surface area contributed by atoms with Crippen molar-refractivity contribution >= 4 is 11.6 Å². The van der Waals surface area contributed by atoms with Gasteiger partial charge in [-0.1, -0.05) is 12.1 Å². The number of carbonyl (C=O) groups is 1. The normalized spacial score (nSPS) is 10.4. The summed E-state index contributed by atoms with van der Waals surface area (Å²) in [5, 5.41) is 11.8. The van der Waals surface area contributed by atoms with Gasteiger partial charge >= 0.3 is 0 Å². The third-order valence-corrected chi connectivity index (χ3v) is 3.07. The summed E-state index contributed by atoms with van der Waals surface area (Å²) in [5.41, 5.74) is 2.62. The van der Waals surface area contributed by atoms with E-state index in [-0.39, 0.29) is 18.3 Å². The molecule has 2 aromatic rings. The summed E-state index contributed by atoms with van der Waals surface area (Å²) < 4.78 is 13.5. The van der Waals surface area contributed by atoms with Gasteiger partial charge in [0.15, 0.2) is 0 Å². The van der Waals surface area contributed by atoms with Gasteiger partial charge in [-0.05, 0) is 54.8 Å². The molecular formula is C16H16FNO2. The number of anilines is 1. The van der Waals surface area contributed by atoms with Gasteiger partial charge in [-0.3, -0.25) is 4.79 Å². The van der Waals surface area contributed by atoms with Crippen LogP contribution in [0.5, 0.6) is 0 Å². The van der Waals surface area contributed by atoms with Crippen molar-refractivity contribution in [2.75, 3.05) is 5.32 Å². The number of nitrogens with one attached hydrogen (secondary N) is 1. The Morgan fingerprint density at radius 3 is 2.45 bits per heavy atom. The number of aryl methyl sites for hydroxylation is 2. The molecule has 3 nitrogen and oxygen atoms in total. The summed E-state index contributed by atoms with van der Waals surface area (Å²) in [4.78, 5) is 12.1. The van der Waals surface area contributed by atoms with Crippen LogP contribution in [0.2, 0.25) is 0 Å². The highest BCUT2D eigenvalue weighted by Gasteiger charge is 2.11. The molecule has 20 heavy (non-hydrogen) atoms. The van der Waals surface area contributed by atoms with Crippen molar-refractivity contribution in [3.8, 4) is 0 Å². The summed E-state index contributed by atoms with van der Waals surface area (Å²) in [6, 6.07) is 9.99. The van der Waals surface area contributed by atoms with Crippen LogP contribution in [0.3, 0.4) is 0 Å². The molecule has 0 aliphatic carbocycles. The first-order chi connectivity index (χ1) is 9.51. The molecule has 2 N–H and O–H groups in total.